The second kappa shape index (κ2) is 7.65. The van der Waals surface area contributed by atoms with Gasteiger partial charge in [-0.05, 0) is 65.6 Å². The van der Waals surface area contributed by atoms with E-state index in [-0.39, 0.29) is 0 Å². The lowest BCUT2D eigenvalue weighted by Gasteiger charge is -2.14. The van der Waals surface area contributed by atoms with Crippen LogP contribution < -0.4 is 5.73 Å². The van der Waals surface area contributed by atoms with Crippen LogP contribution in [0.2, 0.25) is 0 Å². The Bertz CT molecular complexity index is 1840. The largest absolute Gasteiger partial charge is 0.366 e. The predicted molar refractivity (Wildman–Crippen MR) is 142 cm³/mol. The van der Waals surface area contributed by atoms with Gasteiger partial charge in [0.1, 0.15) is 0 Å². The fourth-order valence-corrected chi connectivity index (χ4v) is 5.37. The molecule has 1 aliphatic rings. The maximum Gasteiger partial charge on any atom is 0.248 e. The predicted octanol–water partition coefficient (Wildman–Crippen LogP) is 5.54. The Balaban J connectivity index is 1.60. The van der Waals surface area contributed by atoms with Crippen molar-refractivity contribution in [2.75, 3.05) is 0 Å². The Morgan fingerprint density at radius 3 is 2.67 bits per heavy atom. The Kier molecular flexibility index (Phi) is 4.39. The number of nitrogens with two attached hydrogens (primary N) is 1. The van der Waals surface area contributed by atoms with Crippen molar-refractivity contribution in [3.8, 4) is 22.6 Å². The van der Waals surface area contributed by atoms with Gasteiger partial charge in [-0.25, -0.2) is 4.98 Å². The highest BCUT2D eigenvalue weighted by Gasteiger charge is 2.22. The van der Waals surface area contributed by atoms with E-state index in [9.17, 15) is 4.79 Å². The molecule has 0 atom stereocenters. The molecule has 174 valence electrons. The first kappa shape index (κ1) is 20.6. The van der Waals surface area contributed by atoms with Crippen LogP contribution in [0, 0.1) is 6.92 Å². The second-order valence-corrected chi connectivity index (χ2v) is 9.51. The molecule has 36 heavy (non-hydrogen) atoms. The van der Waals surface area contributed by atoms with Gasteiger partial charge >= 0.3 is 0 Å². The Labute approximate surface area is 207 Å². The highest BCUT2D eigenvalue weighted by molar-refractivity contribution is 5.97. The molecule has 6 aromatic rings. The van der Waals surface area contributed by atoms with Crippen molar-refractivity contribution >= 4 is 27.8 Å². The highest BCUT2D eigenvalue weighted by Crippen LogP contribution is 2.35. The molecule has 0 fully saturated rings. The summed E-state index contributed by atoms with van der Waals surface area (Å²) in [5.74, 6) is 0.394. The minimum atomic E-state index is -0.458. The van der Waals surface area contributed by atoms with Crippen LogP contribution in [0.25, 0.3) is 44.6 Å². The quantitative estimate of drug-likeness (QED) is 0.343. The van der Waals surface area contributed by atoms with Gasteiger partial charge in [-0.3, -0.25) is 9.78 Å². The van der Waals surface area contributed by atoms with Crippen LogP contribution in [0.15, 0.2) is 85.2 Å². The molecule has 1 aliphatic heterocycles. The van der Waals surface area contributed by atoms with E-state index < -0.39 is 5.91 Å². The number of rotatable bonds is 1. The van der Waals surface area contributed by atoms with Crippen molar-refractivity contribution < 1.29 is 4.79 Å². The average molecular weight is 470 g/mol. The standard InChI is InChI=1S/C30H23N5O/c1-18-6-7-20-13-28-30-33-25-12-21(29(31)36)8-9-26(25)35(30)16-19-11-23(15-32-14-19)24-5-3-2-4-22(24)17-34(28)27(20)10-18/h2-15H,16-17H2,1H3,(H2,31,36). The molecule has 0 spiro atoms. The van der Waals surface area contributed by atoms with Crippen molar-refractivity contribution in [1.82, 2.24) is 19.1 Å². The first-order valence-electron chi connectivity index (χ1n) is 12.0. The third-order valence-corrected chi connectivity index (χ3v) is 7.11. The van der Waals surface area contributed by atoms with E-state index in [1.807, 2.05) is 18.5 Å². The van der Waals surface area contributed by atoms with Gasteiger partial charge < -0.3 is 14.9 Å². The Hall–Kier alpha value is -4.71. The number of aryl methyl sites for hydroxylation is 1. The van der Waals surface area contributed by atoms with Crippen LogP contribution in [0.1, 0.15) is 27.0 Å². The minimum Gasteiger partial charge on any atom is -0.366 e. The number of aromatic nitrogens is 4. The lowest BCUT2D eigenvalue weighted by atomic mass is 10.00. The molecule has 0 aliphatic carbocycles. The maximum absolute atomic E-state index is 11.9. The van der Waals surface area contributed by atoms with Crippen molar-refractivity contribution in [1.29, 1.82) is 0 Å². The highest BCUT2D eigenvalue weighted by atomic mass is 16.1. The fraction of sp³-hybridized carbons (Fsp3) is 0.100. The molecule has 0 radical (unpaired) electrons. The molecular formula is C30H23N5O. The number of carbonyl (C=O) groups is 1. The number of primary amides is 1. The summed E-state index contributed by atoms with van der Waals surface area (Å²) in [6.07, 6.45) is 3.85. The smallest absolute Gasteiger partial charge is 0.248 e. The molecule has 0 unspecified atom stereocenters. The van der Waals surface area contributed by atoms with Gasteiger partial charge in [0.2, 0.25) is 5.91 Å². The first-order valence-corrected chi connectivity index (χ1v) is 12.0. The number of hydrogen-bond acceptors (Lipinski definition) is 3. The summed E-state index contributed by atoms with van der Waals surface area (Å²) in [5, 5.41) is 1.17. The zero-order chi connectivity index (χ0) is 24.4. The molecular weight excluding hydrogens is 446 g/mol. The molecule has 7 rings (SSSR count). The van der Waals surface area contributed by atoms with E-state index in [0.29, 0.717) is 18.7 Å². The third-order valence-electron chi connectivity index (χ3n) is 7.11. The van der Waals surface area contributed by atoms with Crippen molar-refractivity contribution in [3.63, 3.8) is 0 Å². The van der Waals surface area contributed by atoms with Crippen LogP contribution >= 0.6 is 0 Å². The van der Waals surface area contributed by atoms with E-state index in [1.54, 1.807) is 12.1 Å². The van der Waals surface area contributed by atoms with Crippen molar-refractivity contribution in [3.05, 3.63) is 107 Å². The molecule has 0 saturated heterocycles. The zero-order valence-electron chi connectivity index (χ0n) is 19.8. The number of imidazole rings is 1. The number of pyridine rings is 1. The summed E-state index contributed by atoms with van der Waals surface area (Å²) in [4.78, 5) is 21.5. The summed E-state index contributed by atoms with van der Waals surface area (Å²) in [6.45, 7) is 3.42. The number of fused-ring (bicyclic) bond motifs is 11. The van der Waals surface area contributed by atoms with Crippen LogP contribution in [0.3, 0.4) is 0 Å². The fourth-order valence-electron chi connectivity index (χ4n) is 5.37. The van der Waals surface area contributed by atoms with Crippen molar-refractivity contribution in [2.24, 2.45) is 5.73 Å². The van der Waals surface area contributed by atoms with Crippen molar-refractivity contribution in [2.45, 2.75) is 20.0 Å². The molecule has 2 N–H and O–H groups in total. The lowest BCUT2D eigenvalue weighted by Crippen LogP contribution is -2.10. The summed E-state index contributed by atoms with van der Waals surface area (Å²) < 4.78 is 4.57. The summed E-state index contributed by atoms with van der Waals surface area (Å²) in [6, 6.07) is 25.0. The average Bonchev–Trinajstić information content (AvgIpc) is 3.41. The van der Waals surface area contributed by atoms with Gasteiger partial charge in [0, 0.05) is 41.0 Å². The van der Waals surface area contributed by atoms with Crippen LogP contribution in [-0.4, -0.2) is 25.0 Å². The number of benzene rings is 3. The summed E-state index contributed by atoms with van der Waals surface area (Å²) in [5.41, 5.74) is 15.7. The van der Waals surface area contributed by atoms with Crippen LogP contribution in [-0.2, 0) is 13.1 Å². The van der Waals surface area contributed by atoms with E-state index in [0.717, 1.165) is 33.7 Å². The van der Waals surface area contributed by atoms with Gasteiger partial charge in [-0.15, -0.1) is 0 Å². The van der Waals surface area contributed by atoms with Crippen LogP contribution in [0.5, 0.6) is 0 Å². The number of nitrogens with zero attached hydrogens (tertiary/aromatic N) is 4. The van der Waals surface area contributed by atoms with E-state index in [1.165, 1.54) is 27.6 Å². The first-order chi connectivity index (χ1) is 17.5. The van der Waals surface area contributed by atoms with Gasteiger partial charge in [0.25, 0.3) is 0 Å². The molecule has 3 aromatic heterocycles. The maximum atomic E-state index is 11.9. The summed E-state index contributed by atoms with van der Waals surface area (Å²) >= 11 is 0. The van der Waals surface area contributed by atoms with Gasteiger partial charge in [0.15, 0.2) is 5.82 Å². The molecule has 4 heterocycles. The Morgan fingerprint density at radius 2 is 1.78 bits per heavy atom. The SMILES string of the molecule is Cc1ccc2cc3n(c2c1)Cc1ccccc1-c1cncc(c1)Cn1c-3nc2cc(C(N)=O)ccc21. The molecule has 0 saturated carbocycles. The molecule has 3 aromatic carbocycles. The number of amides is 1. The number of carbonyl (C=O) groups excluding carboxylic acids is 1. The lowest BCUT2D eigenvalue weighted by molar-refractivity contribution is 0.100. The monoisotopic (exact) mass is 469 g/mol. The Morgan fingerprint density at radius 1 is 0.889 bits per heavy atom. The molecule has 6 nitrogen and oxygen atoms in total. The minimum absolute atomic E-state index is 0.452. The molecule has 6 heteroatoms. The topological polar surface area (TPSA) is 78.7 Å². The van der Waals surface area contributed by atoms with E-state index in [4.69, 9.17) is 10.7 Å². The number of hydrogen-bond donors (Lipinski definition) is 1. The normalized spacial score (nSPS) is 12.6. The van der Waals surface area contributed by atoms with Gasteiger partial charge in [0.05, 0.1) is 23.3 Å². The second-order valence-electron chi connectivity index (χ2n) is 9.51. The molecule has 1 amide bonds. The molecule has 2 bridgehead atoms. The van der Waals surface area contributed by atoms with Gasteiger partial charge in [-0.2, -0.15) is 0 Å². The third kappa shape index (κ3) is 3.15. The summed E-state index contributed by atoms with van der Waals surface area (Å²) in [7, 11) is 0. The van der Waals surface area contributed by atoms with Gasteiger partial charge in [-0.1, -0.05) is 36.4 Å². The van der Waals surface area contributed by atoms with E-state index in [2.05, 4.69) is 75.6 Å². The van der Waals surface area contributed by atoms with E-state index >= 15 is 0 Å². The van der Waals surface area contributed by atoms with Crippen LogP contribution in [0.4, 0.5) is 0 Å². The zero-order valence-corrected chi connectivity index (χ0v) is 19.8.